The Morgan fingerprint density at radius 3 is 2.48 bits per heavy atom. The van der Waals surface area contributed by atoms with Crippen LogP contribution in [0.1, 0.15) is 29.8 Å². The standard InChI is InChI=1S/C23H28N2O3S/c1-17(2)21(29-16-18-7-4-3-5-8-18)22(26)24-20-10-6-9-19(15-20)23(27)25-11-13-28-14-12-25/h3-10,15,17,21H,11-14,16H2,1-2H3,(H,24,26). The number of anilines is 1. The van der Waals surface area contributed by atoms with Crippen molar-refractivity contribution in [1.82, 2.24) is 4.90 Å². The molecule has 1 fully saturated rings. The molecular weight excluding hydrogens is 384 g/mol. The van der Waals surface area contributed by atoms with Crippen molar-refractivity contribution in [1.29, 1.82) is 0 Å². The van der Waals surface area contributed by atoms with Crippen molar-refractivity contribution in [3.63, 3.8) is 0 Å². The number of rotatable bonds is 7. The van der Waals surface area contributed by atoms with Crippen molar-refractivity contribution in [2.75, 3.05) is 31.6 Å². The summed E-state index contributed by atoms with van der Waals surface area (Å²) in [5, 5.41) is 2.83. The highest BCUT2D eigenvalue weighted by Gasteiger charge is 2.24. The third-order valence-electron chi connectivity index (χ3n) is 4.81. The molecule has 0 radical (unpaired) electrons. The number of morpholine rings is 1. The smallest absolute Gasteiger partial charge is 0.254 e. The largest absolute Gasteiger partial charge is 0.378 e. The molecule has 1 N–H and O–H groups in total. The second-order valence-electron chi connectivity index (χ2n) is 7.44. The molecule has 0 spiro atoms. The van der Waals surface area contributed by atoms with Crippen LogP contribution < -0.4 is 5.32 Å². The van der Waals surface area contributed by atoms with Crippen LogP contribution in [-0.2, 0) is 15.3 Å². The predicted molar refractivity (Wildman–Crippen MR) is 118 cm³/mol. The lowest BCUT2D eigenvalue weighted by atomic mass is 10.1. The molecule has 6 heteroatoms. The molecule has 2 aromatic rings. The zero-order chi connectivity index (χ0) is 20.6. The van der Waals surface area contributed by atoms with Gasteiger partial charge in [-0.1, -0.05) is 50.2 Å². The molecule has 0 bridgehead atoms. The van der Waals surface area contributed by atoms with Crippen molar-refractivity contribution in [2.45, 2.75) is 24.9 Å². The number of hydrogen-bond donors (Lipinski definition) is 1. The Hall–Kier alpha value is -2.31. The molecule has 0 aliphatic carbocycles. The number of nitrogens with zero attached hydrogens (tertiary/aromatic N) is 1. The van der Waals surface area contributed by atoms with Crippen LogP contribution in [0.15, 0.2) is 54.6 Å². The molecule has 3 rings (SSSR count). The second kappa shape index (κ2) is 10.5. The van der Waals surface area contributed by atoms with Gasteiger partial charge in [0.25, 0.3) is 5.91 Å². The number of carbonyl (C=O) groups is 2. The van der Waals surface area contributed by atoms with E-state index in [-0.39, 0.29) is 23.0 Å². The molecule has 0 saturated carbocycles. The monoisotopic (exact) mass is 412 g/mol. The van der Waals surface area contributed by atoms with Crippen molar-refractivity contribution in [3.8, 4) is 0 Å². The first-order valence-electron chi connectivity index (χ1n) is 9.98. The predicted octanol–water partition coefficient (Wildman–Crippen LogP) is 4.06. The summed E-state index contributed by atoms with van der Waals surface area (Å²) in [6, 6.07) is 17.3. The van der Waals surface area contributed by atoms with E-state index in [9.17, 15) is 9.59 Å². The quantitative estimate of drug-likeness (QED) is 0.745. The molecule has 1 unspecified atom stereocenters. The summed E-state index contributed by atoms with van der Waals surface area (Å²) in [5.41, 5.74) is 2.44. The Kier molecular flexibility index (Phi) is 7.72. The Bertz CT molecular complexity index is 820. The van der Waals surface area contributed by atoms with Gasteiger partial charge in [0.2, 0.25) is 5.91 Å². The highest BCUT2D eigenvalue weighted by Crippen LogP contribution is 2.25. The number of carbonyl (C=O) groups excluding carboxylic acids is 2. The van der Waals surface area contributed by atoms with E-state index in [0.29, 0.717) is 37.6 Å². The molecule has 29 heavy (non-hydrogen) atoms. The zero-order valence-electron chi connectivity index (χ0n) is 17.0. The SMILES string of the molecule is CC(C)C(SCc1ccccc1)C(=O)Nc1cccc(C(=O)N2CCOCC2)c1. The van der Waals surface area contributed by atoms with Crippen LogP contribution in [0.5, 0.6) is 0 Å². The summed E-state index contributed by atoms with van der Waals surface area (Å²) in [4.78, 5) is 27.4. The minimum Gasteiger partial charge on any atom is -0.378 e. The number of nitrogens with one attached hydrogen (secondary N) is 1. The molecule has 1 aliphatic rings. The molecule has 1 atom stereocenters. The number of thioether (sulfide) groups is 1. The number of hydrogen-bond acceptors (Lipinski definition) is 4. The lowest BCUT2D eigenvalue weighted by Crippen LogP contribution is -2.40. The van der Waals surface area contributed by atoms with Crippen LogP contribution in [0.2, 0.25) is 0 Å². The average Bonchev–Trinajstić information content (AvgIpc) is 2.74. The van der Waals surface area contributed by atoms with Gasteiger partial charge in [-0.2, -0.15) is 0 Å². The normalized spacial score (nSPS) is 15.2. The Labute approximate surface area is 176 Å². The lowest BCUT2D eigenvalue weighted by molar-refractivity contribution is -0.116. The fourth-order valence-corrected chi connectivity index (χ4v) is 4.38. The molecule has 2 aromatic carbocycles. The van der Waals surface area contributed by atoms with Gasteiger partial charge in [0, 0.05) is 30.1 Å². The highest BCUT2D eigenvalue weighted by molar-refractivity contribution is 7.99. The summed E-state index contributed by atoms with van der Waals surface area (Å²) in [6.07, 6.45) is 0. The van der Waals surface area contributed by atoms with Gasteiger partial charge < -0.3 is 15.0 Å². The van der Waals surface area contributed by atoms with Crippen LogP contribution in [0.3, 0.4) is 0 Å². The summed E-state index contributed by atoms with van der Waals surface area (Å²) in [5.74, 6) is 0.925. The third-order valence-corrected chi connectivity index (χ3v) is 6.43. The van der Waals surface area contributed by atoms with Gasteiger partial charge in [0.1, 0.15) is 0 Å². The van der Waals surface area contributed by atoms with Crippen LogP contribution in [0.4, 0.5) is 5.69 Å². The minimum atomic E-state index is -0.172. The third kappa shape index (κ3) is 6.08. The van der Waals surface area contributed by atoms with Gasteiger partial charge in [-0.25, -0.2) is 0 Å². The van der Waals surface area contributed by atoms with Crippen LogP contribution in [0, 0.1) is 5.92 Å². The highest BCUT2D eigenvalue weighted by atomic mass is 32.2. The fraction of sp³-hybridized carbons (Fsp3) is 0.391. The fourth-order valence-electron chi connectivity index (χ4n) is 3.22. The maximum atomic E-state index is 12.9. The summed E-state index contributed by atoms with van der Waals surface area (Å²) in [7, 11) is 0. The summed E-state index contributed by atoms with van der Waals surface area (Å²) in [6.45, 7) is 6.44. The number of amides is 2. The molecular formula is C23H28N2O3S. The van der Waals surface area contributed by atoms with E-state index in [1.807, 2.05) is 30.3 Å². The van der Waals surface area contributed by atoms with Crippen LogP contribution in [-0.4, -0.2) is 48.3 Å². The first-order chi connectivity index (χ1) is 14.0. The topological polar surface area (TPSA) is 58.6 Å². The molecule has 1 heterocycles. The van der Waals surface area contributed by atoms with Gasteiger partial charge in [-0.05, 0) is 29.7 Å². The first-order valence-corrected chi connectivity index (χ1v) is 11.0. The lowest BCUT2D eigenvalue weighted by Gasteiger charge is -2.27. The van der Waals surface area contributed by atoms with Crippen molar-refractivity contribution in [3.05, 3.63) is 65.7 Å². The van der Waals surface area contributed by atoms with Gasteiger partial charge in [0.05, 0.1) is 18.5 Å². The first kappa shape index (κ1) is 21.4. The summed E-state index contributed by atoms with van der Waals surface area (Å²) < 4.78 is 5.31. The Morgan fingerprint density at radius 1 is 1.07 bits per heavy atom. The van der Waals surface area contributed by atoms with E-state index in [1.54, 1.807) is 28.8 Å². The van der Waals surface area contributed by atoms with Crippen molar-refractivity contribution < 1.29 is 14.3 Å². The van der Waals surface area contributed by atoms with E-state index < -0.39 is 0 Å². The van der Waals surface area contributed by atoms with Gasteiger partial charge >= 0.3 is 0 Å². The molecule has 5 nitrogen and oxygen atoms in total. The number of ether oxygens (including phenoxy) is 1. The molecule has 2 amide bonds. The van der Waals surface area contributed by atoms with E-state index in [4.69, 9.17) is 4.74 Å². The van der Waals surface area contributed by atoms with Crippen molar-refractivity contribution in [2.24, 2.45) is 5.92 Å². The van der Waals surface area contributed by atoms with Crippen LogP contribution >= 0.6 is 11.8 Å². The van der Waals surface area contributed by atoms with E-state index in [2.05, 4.69) is 31.3 Å². The summed E-state index contributed by atoms with van der Waals surface area (Å²) >= 11 is 1.64. The molecule has 1 saturated heterocycles. The molecule has 1 aliphatic heterocycles. The Morgan fingerprint density at radius 2 is 1.79 bits per heavy atom. The maximum absolute atomic E-state index is 12.9. The molecule has 154 valence electrons. The van der Waals surface area contributed by atoms with E-state index >= 15 is 0 Å². The van der Waals surface area contributed by atoms with Gasteiger partial charge in [0.15, 0.2) is 0 Å². The number of benzene rings is 2. The Balaban J connectivity index is 1.64. The van der Waals surface area contributed by atoms with E-state index in [1.165, 1.54) is 5.56 Å². The zero-order valence-corrected chi connectivity index (χ0v) is 17.8. The molecule has 0 aromatic heterocycles. The second-order valence-corrected chi connectivity index (χ2v) is 8.57. The van der Waals surface area contributed by atoms with Crippen LogP contribution in [0.25, 0.3) is 0 Å². The van der Waals surface area contributed by atoms with Gasteiger partial charge in [-0.15, -0.1) is 11.8 Å². The van der Waals surface area contributed by atoms with Gasteiger partial charge in [-0.3, -0.25) is 9.59 Å². The minimum absolute atomic E-state index is 0.0248. The van der Waals surface area contributed by atoms with E-state index in [0.717, 1.165) is 5.75 Å². The average molecular weight is 413 g/mol. The van der Waals surface area contributed by atoms with Crippen molar-refractivity contribution >= 4 is 29.3 Å². The maximum Gasteiger partial charge on any atom is 0.254 e.